The van der Waals surface area contributed by atoms with Crippen LogP contribution in [0.15, 0.2) is 24.5 Å². The van der Waals surface area contributed by atoms with Crippen LogP contribution in [0.2, 0.25) is 0 Å². The third-order valence-corrected chi connectivity index (χ3v) is 1.84. The van der Waals surface area contributed by atoms with Gasteiger partial charge in [0.1, 0.15) is 5.65 Å². The molecule has 0 aliphatic carbocycles. The molecule has 0 atom stereocenters. The van der Waals surface area contributed by atoms with E-state index >= 15 is 0 Å². The van der Waals surface area contributed by atoms with E-state index in [0.29, 0.717) is 0 Å². The van der Waals surface area contributed by atoms with Gasteiger partial charge in [-0.2, -0.15) is 0 Å². The van der Waals surface area contributed by atoms with Crippen LogP contribution in [-0.2, 0) is 0 Å². The minimum atomic E-state index is 1.03. The van der Waals surface area contributed by atoms with Crippen LogP contribution >= 0.6 is 0 Å². The smallest absolute Gasteiger partial charge is 0.137 e. The Kier molecular flexibility index (Phi) is 1.22. The van der Waals surface area contributed by atoms with Gasteiger partial charge in [0.15, 0.2) is 0 Å². The lowest BCUT2D eigenvalue weighted by molar-refractivity contribution is 1.08. The maximum Gasteiger partial charge on any atom is 0.137 e. The molecule has 0 saturated carbocycles. The van der Waals surface area contributed by atoms with Gasteiger partial charge >= 0.3 is 0 Å². The third-order valence-electron chi connectivity index (χ3n) is 1.84. The van der Waals surface area contributed by atoms with Crippen LogP contribution in [0.1, 0.15) is 11.3 Å². The molecule has 2 aromatic rings. The summed E-state index contributed by atoms with van der Waals surface area (Å²) in [6, 6.07) is 4.22. The second kappa shape index (κ2) is 2.09. The summed E-state index contributed by atoms with van der Waals surface area (Å²) in [4.78, 5) is 4.20. The Morgan fingerprint density at radius 1 is 1.27 bits per heavy atom. The van der Waals surface area contributed by atoms with Gasteiger partial charge in [-0.15, -0.1) is 0 Å². The van der Waals surface area contributed by atoms with Crippen molar-refractivity contribution in [3.63, 3.8) is 0 Å². The quantitative estimate of drug-likeness (QED) is 0.555. The van der Waals surface area contributed by atoms with Gasteiger partial charge < -0.3 is 4.40 Å². The van der Waals surface area contributed by atoms with Gasteiger partial charge in [-0.05, 0) is 31.5 Å². The molecule has 2 heteroatoms. The molecule has 0 unspecified atom stereocenters. The predicted octanol–water partition coefficient (Wildman–Crippen LogP) is 1.95. The highest BCUT2D eigenvalue weighted by Crippen LogP contribution is 2.08. The molecule has 0 spiro atoms. The number of hydrogen-bond acceptors (Lipinski definition) is 1. The first-order valence-corrected chi connectivity index (χ1v) is 3.68. The Balaban J connectivity index is 2.91. The lowest BCUT2D eigenvalue weighted by Gasteiger charge is -1.99. The second-order valence-electron chi connectivity index (χ2n) is 2.83. The first-order chi connectivity index (χ1) is 5.27. The Morgan fingerprint density at radius 2 is 2.09 bits per heavy atom. The van der Waals surface area contributed by atoms with Crippen LogP contribution in [0.3, 0.4) is 0 Å². The standard InChI is InChI=1S/C9H10N2/c1-7-5-8(2)11-4-3-10-9(11)6-7/h3-6H,1-2H3. The van der Waals surface area contributed by atoms with Crippen LogP contribution in [0.5, 0.6) is 0 Å². The zero-order valence-electron chi connectivity index (χ0n) is 6.70. The Hall–Kier alpha value is -1.31. The summed E-state index contributed by atoms with van der Waals surface area (Å²) in [5.41, 5.74) is 3.53. The van der Waals surface area contributed by atoms with E-state index in [1.165, 1.54) is 11.3 Å². The second-order valence-corrected chi connectivity index (χ2v) is 2.83. The van der Waals surface area contributed by atoms with Crippen LogP contribution in [0.4, 0.5) is 0 Å². The first-order valence-electron chi connectivity index (χ1n) is 3.68. The molecule has 0 N–H and O–H groups in total. The summed E-state index contributed by atoms with van der Waals surface area (Å²) in [6.07, 6.45) is 3.80. The molecule has 2 heterocycles. The van der Waals surface area contributed by atoms with Crippen molar-refractivity contribution in [3.05, 3.63) is 35.8 Å². The Labute approximate surface area is 65.5 Å². The molecular formula is C9H10N2. The van der Waals surface area contributed by atoms with Crippen molar-refractivity contribution in [2.45, 2.75) is 13.8 Å². The van der Waals surface area contributed by atoms with E-state index in [9.17, 15) is 0 Å². The van der Waals surface area contributed by atoms with E-state index < -0.39 is 0 Å². The van der Waals surface area contributed by atoms with Crippen molar-refractivity contribution >= 4 is 5.65 Å². The molecule has 11 heavy (non-hydrogen) atoms. The van der Waals surface area contributed by atoms with Crippen molar-refractivity contribution in [1.29, 1.82) is 0 Å². The Morgan fingerprint density at radius 3 is 2.91 bits per heavy atom. The number of hydrogen-bond donors (Lipinski definition) is 0. The number of fused-ring (bicyclic) bond motifs is 1. The monoisotopic (exact) mass is 146 g/mol. The number of pyridine rings is 1. The maximum atomic E-state index is 4.20. The number of nitrogens with zero attached hydrogens (tertiary/aromatic N) is 2. The molecule has 0 bridgehead atoms. The summed E-state index contributed by atoms with van der Waals surface area (Å²) in [5, 5.41) is 0. The van der Waals surface area contributed by atoms with E-state index in [0.717, 1.165) is 5.65 Å². The highest BCUT2D eigenvalue weighted by Gasteiger charge is 1.96. The topological polar surface area (TPSA) is 17.3 Å². The van der Waals surface area contributed by atoms with Gasteiger partial charge in [-0.1, -0.05) is 0 Å². The molecule has 2 aromatic heterocycles. The maximum absolute atomic E-state index is 4.20. The molecule has 0 saturated heterocycles. The van der Waals surface area contributed by atoms with Crippen molar-refractivity contribution < 1.29 is 0 Å². The molecule has 0 aromatic carbocycles. The summed E-state index contributed by atoms with van der Waals surface area (Å²) >= 11 is 0. The lowest BCUT2D eigenvalue weighted by atomic mass is 10.2. The van der Waals surface area contributed by atoms with Gasteiger partial charge in [-0.3, -0.25) is 0 Å². The fourth-order valence-electron chi connectivity index (χ4n) is 1.36. The van der Waals surface area contributed by atoms with E-state index in [4.69, 9.17) is 0 Å². The van der Waals surface area contributed by atoms with Crippen LogP contribution < -0.4 is 0 Å². The summed E-state index contributed by atoms with van der Waals surface area (Å²) in [6.45, 7) is 4.17. The average Bonchev–Trinajstić information content (AvgIpc) is 2.34. The van der Waals surface area contributed by atoms with Crippen molar-refractivity contribution in [2.24, 2.45) is 0 Å². The van der Waals surface area contributed by atoms with Gasteiger partial charge in [-0.25, -0.2) is 4.98 Å². The predicted molar refractivity (Wildman–Crippen MR) is 44.7 cm³/mol. The van der Waals surface area contributed by atoms with Crippen LogP contribution in [0.25, 0.3) is 5.65 Å². The highest BCUT2D eigenvalue weighted by molar-refractivity contribution is 5.42. The van der Waals surface area contributed by atoms with Gasteiger partial charge in [0.05, 0.1) is 0 Å². The number of aryl methyl sites for hydroxylation is 2. The number of rotatable bonds is 0. The zero-order chi connectivity index (χ0) is 7.84. The molecule has 0 aliphatic heterocycles. The first kappa shape index (κ1) is 6.40. The SMILES string of the molecule is Cc1cc(C)n2ccnc2c1. The molecular weight excluding hydrogens is 136 g/mol. The molecule has 0 amide bonds. The van der Waals surface area contributed by atoms with E-state index in [-0.39, 0.29) is 0 Å². The fraction of sp³-hybridized carbons (Fsp3) is 0.222. The van der Waals surface area contributed by atoms with Crippen molar-refractivity contribution in [1.82, 2.24) is 9.38 Å². The summed E-state index contributed by atoms with van der Waals surface area (Å²) in [5.74, 6) is 0. The average molecular weight is 146 g/mol. The normalized spacial score (nSPS) is 10.7. The molecule has 2 rings (SSSR count). The van der Waals surface area contributed by atoms with Crippen molar-refractivity contribution in [3.8, 4) is 0 Å². The lowest BCUT2D eigenvalue weighted by Crippen LogP contribution is -1.89. The molecule has 0 aliphatic rings. The molecule has 56 valence electrons. The van der Waals surface area contributed by atoms with Gasteiger partial charge in [0.2, 0.25) is 0 Å². The van der Waals surface area contributed by atoms with E-state index in [1.54, 1.807) is 0 Å². The highest BCUT2D eigenvalue weighted by atomic mass is 15.0. The van der Waals surface area contributed by atoms with E-state index in [1.807, 2.05) is 12.4 Å². The van der Waals surface area contributed by atoms with Gasteiger partial charge in [0.25, 0.3) is 0 Å². The minimum Gasteiger partial charge on any atom is -0.304 e. The number of aromatic nitrogens is 2. The van der Waals surface area contributed by atoms with Crippen molar-refractivity contribution in [2.75, 3.05) is 0 Å². The molecule has 2 nitrogen and oxygen atoms in total. The zero-order valence-corrected chi connectivity index (χ0v) is 6.70. The largest absolute Gasteiger partial charge is 0.304 e. The van der Waals surface area contributed by atoms with E-state index in [2.05, 4.69) is 35.4 Å². The minimum absolute atomic E-state index is 1.03. The fourth-order valence-corrected chi connectivity index (χ4v) is 1.36. The van der Waals surface area contributed by atoms with Crippen LogP contribution in [-0.4, -0.2) is 9.38 Å². The summed E-state index contributed by atoms with van der Waals surface area (Å²) in [7, 11) is 0. The third kappa shape index (κ3) is 0.909. The summed E-state index contributed by atoms with van der Waals surface area (Å²) < 4.78 is 2.08. The van der Waals surface area contributed by atoms with Gasteiger partial charge in [0, 0.05) is 18.1 Å². The van der Waals surface area contributed by atoms with Crippen LogP contribution in [0, 0.1) is 13.8 Å². The Bertz CT molecular complexity index is 387. The molecule has 0 fully saturated rings. The molecule has 0 radical (unpaired) electrons. The number of imidazole rings is 1.